The zero-order valence-electron chi connectivity index (χ0n) is 8.47. The van der Waals surface area contributed by atoms with Crippen molar-refractivity contribution in [1.29, 1.82) is 0 Å². The Morgan fingerprint density at radius 1 is 1.38 bits per heavy atom. The van der Waals surface area contributed by atoms with Gasteiger partial charge in [-0.05, 0) is 35.0 Å². The molecule has 0 bridgehead atoms. The zero-order valence-corrected chi connectivity index (χ0v) is 10.1. The first kappa shape index (κ1) is 11.1. The molecule has 0 atom stereocenters. The van der Waals surface area contributed by atoms with Crippen LogP contribution in [0.25, 0.3) is 5.69 Å². The summed E-state index contributed by atoms with van der Waals surface area (Å²) in [6.07, 6.45) is 1.68. The van der Waals surface area contributed by atoms with Crippen molar-refractivity contribution in [3.8, 4) is 5.69 Å². The largest absolute Gasteiger partial charge is 0.397 e. The van der Waals surface area contributed by atoms with Crippen molar-refractivity contribution in [3.63, 3.8) is 0 Å². The number of anilines is 1. The van der Waals surface area contributed by atoms with Crippen molar-refractivity contribution < 1.29 is 8.78 Å². The molecule has 5 heteroatoms. The maximum Gasteiger partial charge on any atom is 0.166 e. The van der Waals surface area contributed by atoms with Gasteiger partial charge in [0.05, 0.1) is 10.2 Å². The summed E-state index contributed by atoms with van der Waals surface area (Å²) < 4.78 is 28.4. The predicted octanol–water partition coefficient (Wildman–Crippen LogP) is 3.41. The smallest absolute Gasteiger partial charge is 0.166 e. The van der Waals surface area contributed by atoms with E-state index in [1.54, 1.807) is 16.8 Å². The van der Waals surface area contributed by atoms with Gasteiger partial charge in [0.25, 0.3) is 0 Å². The van der Waals surface area contributed by atoms with Crippen molar-refractivity contribution in [2.45, 2.75) is 6.92 Å². The number of nitrogens with zero attached hydrogens (tertiary/aromatic N) is 1. The first-order valence-corrected chi connectivity index (χ1v) is 5.39. The van der Waals surface area contributed by atoms with Crippen molar-refractivity contribution in [2.75, 3.05) is 5.73 Å². The topological polar surface area (TPSA) is 30.9 Å². The first-order valence-electron chi connectivity index (χ1n) is 4.59. The number of hydrogen-bond donors (Lipinski definition) is 1. The molecule has 0 aliphatic rings. The van der Waals surface area contributed by atoms with Gasteiger partial charge in [-0.3, -0.25) is 0 Å². The van der Waals surface area contributed by atoms with Gasteiger partial charge in [-0.15, -0.1) is 0 Å². The highest BCUT2D eigenvalue weighted by Crippen LogP contribution is 2.30. The van der Waals surface area contributed by atoms with Gasteiger partial charge < -0.3 is 10.3 Å². The van der Waals surface area contributed by atoms with Crippen LogP contribution in [0.4, 0.5) is 14.5 Å². The molecule has 0 aliphatic carbocycles. The lowest BCUT2D eigenvalue weighted by atomic mass is 10.2. The summed E-state index contributed by atoms with van der Waals surface area (Å²) in [5, 5.41) is 0. The minimum Gasteiger partial charge on any atom is -0.397 e. The van der Waals surface area contributed by atoms with Crippen molar-refractivity contribution in [2.24, 2.45) is 0 Å². The molecule has 2 nitrogen and oxygen atoms in total. The van der Waals surface area contributed by atoms with Crippen LogP contribution in [0, 0.1) is 18.6 Å². The van der Waals surface area contributed by atoms with Crippen LogP contribution in [0.3, 0.4) is 0 Å². The van der Waals surface area contributed by atoms with E-state index in [2.05, 4.69) is 15.9 Å². The molecule has 0 amide bonds. The monoisotopic (exact) mass is 286 g/mol. The van der Waals surface area contributed by atoms with Gasteiger partial charge in [-0.2, -0.15) is 0 Å². The predicted molar refractivity (Wildman–Crippen MR) is 62.5 cm³/mol. The van der Waals surface area contributed by atoms with Crippen LogP contribution in [0.15, 0.2) is 28.9 Å². The third kappa shape index (κ3) is 1.61. The highest BCUT2D eigenvalue weighted by atomic mass is 79.9. The first-order chi connectivity index (χ1) is 7.52. The molecule has 0 spiro atoms. The van der Waals surface area contributed by atoms with Crippen LogP contribution in [-0.2, 0) is 0 Å². The average molecular weight is 287 g/mol. The second kappa shape index (κ2) is 3.90. The normalized spacial score (nSPS) is 10.8. The molecular formula is C11H9BrF2N2. The molecule has 2 aromatic rings. The lowest BCUT2D eigenvalue weighted by Crippen LogP contribution is -2.05. The number of hydrogen-bond acceptors (Lipinski definition) is 1. The van der Waals surface area contributed by atoms with E-state index < -0.39 is 11.6 Å². The van der Waals surface area contributed by atoms with Gasteiger partial charge >= 0.3 is 0 Å². The van der Waals surface area contributed by atoms with E-state index in [0.717, 1.165) is 11.8 Å². The molecule has 2 N–H and O–H groups in total. The molecule has 0 saturated carbocycles. The Balaban J connectivity index is 2.76. The van der Waals surface area contributed by atoms with E-state index in [4.69, 9.17) is 5.73 Å². The molecule has 84 valence electrons. The molecule has 1 heterocycles. The number of benzene rings is 1. The zero-order chi connectivity index (χ0) is 11.9. The summed E-state index contributed by atoms with van der Waals surface area (Å²) in [7, 11) is 0. The van der Waals surface area contributed by atoms with E-state index in [1.807, 2.05) is 13.0 Å². The summed E-state index contributed by atoms with van der Waals surface area (Å²) >= 11 is 2.86. The van der Waals surface area contributed by atoms with Gasteiger partial charge in [-0.25, -0.2) is 8.78 Å². The van der Waals surface area contributed by atoms with Crippen molar-refractivity contribution in [3.05, 3.63) is 46.2 Å². The van der Waals surface area contributed by atoms with Gasteiger partial charge in [0.2, 0.25) is 0 Å². The molecule has 0 saturated heterocycles. The molecule has 0 fully saturated rings. The Morgan fingerprint density at radius 3 is 2.62 bits per heavy atom. The third-order valence-electron chi connectivity index (χ3n) is 2.36. The van der Waals surface area contributed by atoms with Gasteiger partial charge in [0, 0.05) is 18.0 Å². The van der Waals surface area contributed by atoms with Crippen LogP contribution in [0.1, 0.15) is 5.69 Å². The standard InChI is InChI=1S/C11H9BrF2N2/c1-6-3-2-4-16(6)11-8(15)5-7(13)9(12)10(11)14/h2-5H,15H2,1H3. The van der Waals surface area contributed by atoms with Crippen LogP contribution >= 0.6 is 15.9 Å². The van der Waals surface area contributed by atoms with E-state index in [-0.39, 0.29) is 15.8 Å². The molecule has 16 heavy (non-hydrogen) atoms. The number of aromatic nitrogens is 1. The summed E-state index contributed by atoms with van der Waals surface area (Å²) in [4.78, 5) is 0. The van der Waals surface area contributed by atoms with Gasteiger partial charge in [-0.1, -0.05) is 0 Å². The second-order valence-electron chi connectivity index (χ2n) is 3.44. The second-order valence-corrected chi connectivity index (χ2v) is 4.24. The lowest BCUT2D eigenvalue weighted by molar-refractivity contribution is 0.567. The van der Waals surface area contributed by atoms with Crippen molar-refractivity contribution >= 4 is 21.6 Å². The Kier molecular flexibility index (Phi) is 2.71. The number of nitrogen functional groups attached to an aromatic ring is 1. The summed E-state index contributed by atoms with van der Waals surface area (Å²) in [5.74, 6) is -1.40. The molecule has 2 rings (SSSR count). The maximum absolute atomic E-state index is 13.9. The average Bonchev–Trinajstić information content (AvgIpc) is 2.62. The molecule has 1 aromatic carbocycles. The van der Waals surface area contributed by atoms with Crippen LogP contribution in [-0.4, -0.2) is 4.57 Å². The van der Waals surface area contributed by atoms with E-state index in [1.165, 1.54) is 0 Å². The highest BCUT2D eigenvalue weighted by molar-refractivity contribution is 9.10. The van der Waals surface area contributed by atoms with Gasteiger partial charge in [0.15, 0.2) is 5.82 Å². The fourth-order valence-corrected chi connectivity index (χ4v) is 1.87. The molecule has 0 unspecified atom stereocenters. The molecular weight excluding hydrogens is 278 g/mol. The minimum absolute atomic E-state index is 0.0671. The quantitative estimate of drug-likeness (QED) is 0.632. The Hall–Kier alpha value is -1.36. The van der Waals surface area contributed by atoms with Crippen LogP contribution in [0.2, 0.25) is 0 Å². The third-order valence-corrected chi connectivity index (χ3v) is 3.09. The number of nitrogens with two attached hydrogens (primary N) is 1. The number of aryl methyl sites for hydroxylation is 1. The van der Waals surface area contributed by atoms with E-state index >= 15 is 0 Å². The number of halogens is 3. The van der Waals surface area contributed by atoms with Crippen LogP contribution < -0.4 is 5.73 Å². The fraction of sp³-hybridized carbons (Fsp3) is 0.0909. The Labute approximate surface area is 99.8 Å². The van der Waals surface area contributed by atoms with E-state index in [0.29, 0.717) is 0 Å². The summed E-state index contributed by atoms with van der Waals surface area (Å²) in [6.45, 7) is 1.82. The molecule has 1 aromatic heterocycles. The van der Waals surface area contributed by atoms with Gasteiger partial charge in [0.1, 0.15) is 11.5 Å². The number of rotatable bonds is 1. The molecule has 0 aliphatic heterocycles. The van der Waals surface area contributed by atoms with E-state index in [9.17, 15) is 8.78 Å². The fourth-order valence-electron chi connectivity index (χ4n) is 1.57. The SMILES string of the molecule is Cc1cccn1-c1c(N)cc(F)c(Br)c1F. The Bertz CT molecular complexity index is 549. The lowest BCUT2D eigenvalue weighted by Gasteiger charge is -2.12. The summed E-state index contributed by atoms with van der Waals surface area (Å²) in [5.41, 5.74) is 6.68. The maximum atomic E-state index is 13.9. The minimum atomic E-state index is -0.705. The van der Waals surface area contributed by atoms with Crippen LogP contribution in [0.5, 0.6) is 0 Å². The highest BCUT2D eigenvalue weighted by Gasteiger charge is 2.17. The molecule has 0 radical (unpaired) electrons. The van der Waals surface area contributed by atoms with Crippen molar-refractivity contribution in [1.82, 2.24) is 4.57 Å². The summed E-state index contributed by atoms with van der Waals surface area (Å²) in [6, 6.07) is 4.68. The Morgan fingerprint density at radius 2 is 2.06 bits per heavy atom.